The molecule has 0 spiro atoms. The van der Waals surface area contributed by atoms with Crippen molar-refractivity contribution in [3.63, 3.8) is 0 Å². The summed E-state index contributed by atoms with van der Waals surface area (Å²) in [6.45, 7) is 1.86. The maximum atomic E-state index is 11.2. The Morgan fingerprint density at radius 3 is 2.60 bits per heavy atom. The number of benzene rings is 1. The summed E-state index contributed by atoms with van der Waals surface area (Å²) < 4.78 is 4.69. The SMILES string of the molecule is CCOC(=O)c1ccc(B(O)O)cc1O. The highest BCUT2D eigenvalue weighted by Gasteiger charge is 2.17. The first-order valence-corrected chi connectivity index (χ1v) is 4.42. The van der Waals surface area contributed by atoms with E-state index < -0.39 is 13.1 Å². The van der Waals surface area contributed by atoms with Crippen molar-refractivity contribution >= 4 is 18.6 Å². The van der Waals surface area contributed by atoms with Crippen LogP contribution < -0.4 is 5.46 Å². The van der Waals surface area contributed by atoms with Crippen LogP contribution in [0.3, 0.4) is 0 Å². The molecule has 0 unspecified atom stereocenters. The summed E-state index contributed by atoms with van der Waals surface area (Å²) in [5.41, 5.74) is 0.113. The molecule has 0 atom stereocenters. The third-order valence-corrected chi connectivity index (χ3v) is 1.82. The number of aromatic hydroxyl groups is 1. The van der Waals surface area contributed by atoms with Gasteiger partial charge in [0.05, 0.1) is 6.61 Å². The van der Waals surface area contributed by atoms with Crippen LogP contribution in [0.5, 0.6) is 5.75 Å². The van der Waals surface area contributed by atoms with Gasteiger partial charge in [-0.25, -0.2) is 4.79 Å². The minimum atomic E-state index is -1.67. The van der Waals surface area contributed by atoms with Crippen LogP contribution in [0.1, 0.15) is 17.3 Å². The molecular weight excluding hydrogens is 199 g/mol. The Kier molecular flexibility index (Phi) is 3.71. The number of hydrogen-bond donors (Lipinski definition) is 3. The van der Waals surface area contributed by atoms with Crippen LogP contribution in [0.15, 0.2) is 18.2 Å². The Hall–Kier alpha value is -1.53. The summed E-state index contributed by atoms with van der Waals surface area (Å²) in [6.07, 6.45) is 0. The summed E-state index contributed by atoms with van der Waals surface area (Å²) in [7, 11) is -1.67. The minimum absolute atomic E-state index is 0.00116. The lowest BCUT2D eigenvalue weighted by Gasteiger charge is -2.06. The molecule has 0 saturated carbocycles. The molecule has 0 aliphatic heterocycles. The average molecular weight is 210 g/mol. The quantitative estimate of drug-likeness (QED) is 0.451. The number of hydrogen-bond acceptors (Lipinski definition) is 5. The molecule has 3 N–H and O–H groups in total. The Bertz CT molecular complexity index is 364. The highest BCUT2D eigenvalue weighted by molar-refractivity contribution is 6.58. The summed E-state index contributed by atoms with van der Waals surface area (Å²) in [5.74, 6) is -0.979. The van der Waals surface area contributed by atoms with Crippen molar-refractivity contribution in [3.05, 3.63) is 23.8 Å². The van der Waals surface area contributed by atoms with Crippen molar-refractivity contribution in [3.8, 4) is 5.75 Å². The Morgan fingerprint density at radius 1 is 1.47 bits per heavy atom. The Labute approximate surface area is 87.1 Å². The van der Waals surface area contributed by atoms with Crippen molar-refractivity contribution in [1.29, 1.82) is 0 Å². The van der Waals surface area contributed by atoms with E-state index in [-0.39, 0.29) is 23.4 Å². The standard InChI is InChI=1S/C9H11BO5/c1-2-15-9(12)7-4-3-6(10(13)14)5-8(7)11/h3-5,11,13-14H,2H2,1H3. The Balaban J connectivity index is 2.98. The van der Waals surface area contributed by atoms with Crippen LogP contribution in [0, 0.1) is 0 Å². The topological polar surface area (TPSA) is 87.0 Å². The maximum Gasteiger partial charge on any atom is 0.488 e. The van der Waals surface area contributed by atoms with Crippen molar-refractivity contribution in [2.24, 2.45) is 0 Å². The fraction of sp³-hybridized carbons (Fsp3) is 0.222. The molecule has 1 rings (SSSR count). The highest BCUT2D eigenvalue weighted by atomic mass is 16.5. The number of phenolic OH excluding ortho intramolecular Hbond substituents is 1. The number of carbonyl (C=O) groups is 1. The fourth-order valence-corrected chi connectivity index (χ4v) is 1.09. The molecule has 0 aromatic heterocycles. The highest BCUT2D eigenvalue weighted by Crippen LogP contribution is 2.15. The molecular formula is C9H11BO5. The lowest BCUT2D eigenvalue weighted by Crippen LogP contribution is -2.29. The lowest BCUT2D eigenvalue weighted by atomic mass is 9.80. The van der Waals surface area contributed by atoms with Gasteiger partial charge in [-0.3, -0.25) is 0 Å². The minimum Gasteiger partial charge on any atom is -0.507 e. The number of phenols is 1. The molecule has 0 fully saturated rings. The molecule has 6 heteroatoms. The largest absolute Gasteiger partial charge is 0.507 e. The van der Waals surface area contributed by atoms with Crippen LogP contribution in [0.2, 0.25) is 0 Å². The van der Waals surface area contributed by atoms with E-state index in [1.54, 1.807) is 6.92 Å². The average Bonchev–Trinajstić information content (AvgIpc) is 2.17. The summed E-state index contributed by atoms with van der Waals surface area (Å²) in [5, 5.41) is 27.0. The van der Waals surface area contributed by atoms with Gasteiger partial charge in [-0.05, 0) is 24.5 Å². The number of ether oxygens (including phenoxy) is 1. The molecule has 15 heavy (non-hydrogen) atoms. The van der Waals surface area contributed by atoms with Gasteiger partial charge in [-0.15, -0.1) is 0 Å². The van der Waals surface area contributed by atoms with Crippen LogP contribution in [-0.4, -0.2) is 34.8 Å². The smallest absolute Gasteiger partial charge is 0.488 e. The van der Waals surface area contributed by atoms with Gasteiger partial charge < -0.3 is 19.9 Å². The fourth-order valence-electron chi connectivity index (χ4n) is 1.09. The number of carbonyl (C=O) groups excluding carboxylic acids is 1. The van der Waals surface area contributed by atoms with Crippen molar-refractivity contribution in [1.82, 2.24) is 0 Å². The zero-order valence-electron chi connectivity index (χ0n) is 8.17. The summed E-state index contributed by atoms with van der Waals surface area (Å²) in [6, 6.07) is 3.72. The van der Waals surface area contributed by atoms with Crippen LogP contribution in [0.25, 0.3) is 0 Å². The van der Waals surface area contributed by atoms with Crippen molar-refractivity contribution in [2.75, 3.05) is 6.61 Å². The van der Waals surface area contributed by atoms with Crippen LogP contribution >= 0.6 is 0 Å². The summed E-state index contributed by atoms with van der Waals surface area (Å²) >= 11 is 0. The molecule has 0 radical (unpaired) electrons. The molecule has 80 valence electrons. The van der Waals surface area contributed by atoms with Gasteiger partial charge in [-0.1, -0.05) is 6.07 Å². The normalized spacial score (nSPS) is 9.80. The van der Waals surface area contributed by atoms with Crippen LogP contribution in [0.4, 0.5) is 0 Å². The van der Waals surface area contributed by atoms with E-state index in [0.29, 0.717) is 0 Å². The first kappa shape index (κ1) is 11.5. The second-order valence-corrected chi connectivity index (χ2v) is 2.87. The Morgan fingerprint density at radius 2 is 2.13 bits per heavy atom. The third kappa shape index (κ3) is 2.71. The van der Waals surface area contributed by atoms with Gasteiger partial charge in [0.25, 0.3) is 0 Å². The number of esters is 1. The van der Waals surface area contributed by atoms with Gasteiger partial charge in [0.2, 0.25) is 0 Å². The lowest BCUT2D eigenvalue weighted by molar-refractivity contribution is 0.0523. The molecule has 1 aromatic rings. The summed E-state index contributed by atoms with van der Waals surface area (Å²) in [4.78, 5) is 11.2. The monoisotopic (exact) mass is 210 g/mol. The zero-order chi connectivity index (χ0) is 11.4. The molecule has 0 heterocycles. The van der Waals surface area contributed by atoms with E-state index in [4.69, 9.17) is 10.0 Å². The van der Waals surface area contributed by atoms with Crippen LogP contribution in [-0.2, 0) is 4.74 Å². The van der Waals surface area contributed by atoms with Crippen molar-refractivity contribution < 1.29 is 24.7 Å². The third-order valence-electron chi connectivity index (χ3n) is 1.82. The van der Waals surface area contributed by atoms with Gasteiger partial charge in [0.15, 0.2) is 0 Å². The molecule has 1 aromatic carbocycles. The van der Waals surface area contributed by atoms with E-state index in [0.717, 1.165) is 6.07 Å². The maximum absolute atomic E-state index is 11.2. The first-order chi connectivity index (χ1) is 7.06. The van der Waals surface area contributed by atoms with E-state index in [9.17, 15) is 9.90 Å². The predicted molar refractivity (Wildman–Crippen MR) is 53.9 cm³/mol. The molecule has 0 saturated heterocycles. The van der Waals surface area contributed by atoms with E-state index >= 15 is 0 Å². The molecule has 0 bridgehead atoms. The van der Waals surface area contributed by atoms with E-state index in [2.05, 4.69) is 4.74 Å². The zero-order valence-corrected chi connectivity index (χ0v) is 8.17. The second kappa shape index (κ2) is 4.81. The van der Waals surface area contributed by atoms with Gasteiger partial charge in [0, 0.05) is 0 Å². The van der Waals surface area contributed by atoms with Gasteiger partial charge >= 0.3 is 13.1 Å². The van der Waals surface area contributed by atoms with E-state index in [1.807, 2.05) is 0 Å². The predicted octanol–water partition coefficient (Wildman–Crippen LogP) is -0.751. The molecule has 0 aliphatic rings. The molecule has 0 aliphatic carbocycles. The van der Waals surface area contributed by atoms with E-state index in [1.165, 1.54) is 12.1 Å². The van der Waals surface area contributed by atoms with Gasteiger partial charge in [0.1, 0.15) is 11.3 Å². The second-order valence-electron chi connectivity index (χ2n) is 2.87. The first-order valence-electron chi connectivity index (χ1n) is 4.42. The molecule has 5 nitrogen and oxygen atoms in total. The number of rotatable bonds is 3. The van der Waals surface area contributed by atoms with Crippen molar-refractivity contribution in [2.45, 2.75) is 6.92 Å². The van der Waals surface area contributed by atoms with Gasteiger partial charge in [-0.2, -0.15) is 0 Å². The molecule has 0 amide bonds.